The van der Waals surface area contributed by atoms with Crippen LogP contribution < -0.4 is 4.74 Å². The molecule has 0 bridgehead atoms. The smallest absolute Gasteiger partial charge is 0.415 e. The Morgan fingerprint density at radius 3 is 2.52 bits per heavy atom. The molecule has 1 aliphatic rings. The van der Waals surface area contributed by atoms with Gasteiger partial charge in [0.2, 0.25) is 11.8 Å². The van der Waals surface area contributed by atoms with Crippen LogP contribution in [-0.2, 0) is 12.7 Å². The first-order chi connectivity index (χ1) is 9.57. The summed E-state index contributed by atoms with van der Waals surface area (Å²) < 4.78 is 92.6. The monoisotopic (exact) mass is 320 g/mol. The number of rotatable bonds is 4. The predicted molar refractivity (Wildman–Crippen MR) is 56.1 cm³/mol. The summed E-state index contributed by atoms with van der Waals surface area (Å²) in [5.41, 5.74) is -1.45. The van der Waals surface area contributed by atoms with E-state index in [0.717, 1.165) is 4.68 Å². The van der Waals surface area contributed by atoms with Gasteiger partial charge in [0, 0.05) is 25.6 Å². The molecule has 1 heterocycles. The Morgan fingerprint density at radius 1 is 1.38 bits per heavy atom. The van der Waals surface area contributed by atoms with Crippen molar-refractivity contribution in [3.63, 3.8) is 0 Å². The van der Waals surface area contributed by atoms with E-state index in [2.05, 4.69) is 9.84 Å². The van der Waals surface area contributed by atoms with Crippen molar-refractivity contribution in [1.29, 1.82) is 0 Å². The van der Waals surface area contributed by atoms with E-state index in [1.54, 1.807) is 0 Å². The van der Waals surface area contributed by atoms with Gasteiger partial charge in [0.05, 0.1) is 0 Å². The highest BCUT2D eigenvalue weighted by molar-refractivity contribution is 5.26. The Hall–Kier alpha value is -1.48. The van der Waals surface area contributed by atoms with Gasteiger partial charge < -0.3 is 4.74 Å². The quantitative estimate of drug-likeness (QED) is 0.786. The minimum Gasteiger partial charge on any atom is -0.415 e. The van der Waals surface area contributed by atoms with Crippen LogP contribution in [0.2, 0.25) is 0 Å². The summed E-state index contributed by atoms with van der Waals surface area (Å²) in [4.78, 5) is 0. The molecule has 0 spiro atoms. The van der Waals surface area contributed by atoms with Gasteiger partial charge in [-0.1, -0.05) is 0 Å². The largest absolute Gasteiger partial charge is 0.423 e. The molecule has 1 aliphatic carbocycles. The molecule has 10 heteroatoms. The van der Waals surface area contributed by atoms with Gasteiger partial charge in [-0.05, 0) is 12.3 Å². The van der Waals surface area contributed by atoms with Gasteiger partial charge in [-0.2, -0.15) is 22.0 Å². The lowest BCUT2D eigenvalue weighted by Crippen LogP contribution is -2.13. The van der Waals surface area contributed by atoms with Gasteiger partial charge >= 0.3 is 12.8 Å². The zero-order chi connectivity index (χ0) is 15.8. The highest BCUT2D eigenvalue weighted by Gasteiger charge is 2.41. The molecule has 1 unspecified atom stereocenters. The van der Waals surface area contributed by atoms with Crippen LogP contribution in [0.15, 0.2) is 6.20 Å². The summed E-state index contributed by atoms with van der Waals surface area (Å²) in [7, 11) is 0. The lowest BCUT2D eigenvalue weighted by molar-refractivity contribution is -0.142. The van der Waals surface area contributed by atoms with Gasteiger partial charge in [0.15, 0.2) is 0 Å². The molecule has 0 amide bonds. The van der Waals surface area contributed by atoms with Gasteiger partial charge in [0.1, 0.15) is 5.56 Å². The van der Waals surface area contributed by atoms with Gasteiger partial charge in [-0.15, -0.1) is 5.10 Å². The first-order valence-corrected chi connectivity index (χ1v) is 6.04. The molecular formula is C11H11F7N2O. The van der Waals surface area contributed by atoms with Crippen LogP contribution in [-0.4, -0.2) is 22.3 Å². The number of nitrogens with zero attached hydrogens (tertiary/aromatic N) is 2. The second kappa shape index (κ2) is 5.38. The molecule has 3 nitrogen and oxygen atoms in total. The molecule has 0 aromatic carbocycles. The fourth-order valence-corrected chi connectivity index (χ4v) is 2.33. The number of ether oxygens (including phenoxy) is 1. The first-order valence-electron chi connectivity index (χ1n) is 6.04. The van der Waals surface area contributed by atoms with E-state index in [4.69, 9.17) is 0 Å². The fraction of sp³-hybridized carbons (Fsp3) is 0.727. The first kappa shape index (κ1) is 15.9. The number of alkyl halides is 7. The maximum Gasteiger partial charge on any atom is 0.423 e. The maximum atomic E-state index is 13.0. The third kappa shape index (κ3) is 4.01. The summed E-state index contributed by atoms with van der Waals surface area (Å²) in [5, 5.41) is 3.28. The molecule has 1 atom stereocenters. The maximum absolute atomic E-state index is 13.0. The van der Waals surface area contributed by atoms with Crippen molar-refractivity contribution in [2.75, 3.05) is 0 Å². The minimum atomic E-state index is -4.91. The van der Waals surface area contributed by atoms with E-state index in [9.17, 15) is 30.7 Å². The van der Waals surface area contributed by atoms with Crippen LogP contribution in [0.5, 0.6) is 5.88 Å². The van der Waals surface area contributed by atoms with Crippen molar-refractivity contribution in [2.24, 2.45) is 5.92 Å². The molecule has 1 aromatic rings. The van der Waals surface area contributed by atoms with E-state index in [1.165, 1.54) is 0 Å². The molecule has 1 aromatic heterocycles. The molecular weight excluding hydrogens is 309 g/mol. The topological polar surface area (TPSA) is 27.1 Å². The molecule has 1 fully saturated rings. The average molecular weight is 320 g/mol. The minimum absolute atomic E-state index is 0.138. The molecule has 21 heavy (non-hydrogen) atoms. The molecule has 0 radical (unpaired) electrons. The highest BCUT2D eigenvalue weighted by Crippen LogP contribution is 2.40. The Kier molecular flexibility index (Phi) is 4.07. The second-order valence-corrected chi connectivity index (χ2v) is 4.91. The molecule has 120 valence electrons. The van der Waals surface area contributed by atoms with Crippen molar-refractivity contribution in [3.05, 3.63) is 11.8 Å². The van der Waals surface area contributed by atoms with Crippen LogP contribution in [0.3, 0.4) is 0 Å². The fourth-order valence-electron chi connectivity index (χ4n) is 2.33. The van der Waals surface area contributed by atoms with Crippen molar-refractivity contribution >= 4 is 0 Å². The lowest BCUT2D eigenvalue weighted by atomic mass is 10.1. The van der Waals surface area contributed by atoms with E-state index in [1.807, 2.05) is 0 Å². The molecule has 0 saturated heterocycles. The Labute approximate surface area is 114 Å². The van der Waals surface area contributed by atoms with Crippen LogP contribution in [0.4, 0.5) is 30.7 Å². The summed E-state index contributed by atoms with van der Waals surface area (Å²) in [5.74, 6) is -4.64. The third-order valence-corrected chi connectivity index (χ3v) is 3.18. The third-order valence-electron chi connectivity index (χ3n) is 3.18. The highest BCUT2D eigenvalue weighted by atomic mass is 19.4. The van der Waals surface area contributed by atoms with Crippen molar-refractivity contribution in [3.8, 4) is 5.88 Å². The van der Waals surface area contributed by atoms with Crippen LogP contribution >= 0.6 is 0 Å². The van der Waals surface area contributed by atoms with Crippen LogP contribution in [0.1, 0.15) is 24.8 Å². The molecule has 0 N–H and O–H groups in total. The van der Waals surface area contributed by atoms with Crippen molar-refractivity contribution < 1.29 is 35.5 Å². The van der Waals surface area contributed by atoms with Crippen LogP contribution in [0, 0.1) is 5.92 Å². The van der Waals surface area contributed by atoms with E-state index in [-0.39, 0.29) is 19.4 Å². The number of aromatic nitrogens is 2. The molecule has 2 rings (SSSR count). The van der Waals surface area contributed by atoms with Gasteiger partial charge in [-0.3, -0.25) is 4.68 Å². The normalized spacial score (nSPS) is 22.0. The second-order valence-electron chi connectivity index (χ2n) is 4.91. The lowest BCUT2D eigenvalue weighted by Gasteiger charge is -2.10. The average Bonchev–Trinajstić information content (AvgIpc) is 2.81. The predicted octanol–water partition coefficient (Wildman–Crippen LogP) is 3.94. The zero-order valence-corrected chi connectivity index (χ0v) is 10.5. The van der Waals surface area contributed by atoms with E-state index >= 15 is 0 Å². The van der Waals surface area contributed by atoms with Crippen molar-refractivity contribution in [1.82, 2.24) is 9.78 Å². The van der Waals surface area contributed by atoms with Crippen molar-refractivity contribution in [2.45, 2.75) is 44.5 Å². The zero-order valence-electron chi connectivity index (χ0n) is 10.5. The molecule has 0 aliphatic heterocycles. The number of hydrogen-bond acceptors (Lipinski definition) is 2. The number of hydrogen-bond donors (Lipinski definition) is 0. The summed E-state index contributed by atoms with van der Waals surface area (Å²) >= 11 is 0. The van der Waals surface area contributed by atoms with Gasteiger partial charge in [0.25, 0.3) is 0 Å². The van der Waals surface area contributed by atoms with Crippen LogP contribution in [0.25, 0.3) is 0 Å². The van der Waals surface area contributed by atoms with E-state index < -0.39 is 42.5 Å². The number of halogens is 7. The Bertz CT molecular complexity index is 497. The standard InChI is InChI=1S/C11H11F7N2O/c12-9(13)21-8-7(11(16,17)18)5-20(19-8)4-6-1-2-10(14,15)3-6/h5-6,9H,1-4H2. The summed E-state index contributed by atoms with van der Waals surface area (Å²) in [6.07, 6.45) is -5.08. The summed E-state index contributed by atoms with van der Waals surface area (Å²) in [6.45, 7) is -3.66. The Morgan fingerprint density at radius 2 is 2.05 bits per heavy atom. The Balaban J connectivity index is 2.16. The van der Waals surface area contributed by atoms with E-state index in [0.29, 0.717) is 6.20 Å². The molecule has 1 saturated carbocycles. The van der Waals surface area contributed by atoms with Gasteiger partial charge in [-0.25, -0.2) is 8.78 Å². The summed E-state index contributed by atoms with van der Waals surface area (Å²) in [6, 6.07) is 0. The SMILES string of the molecule is FC(F)Oc1nn(CC2CCC(F)(F)C2)cc1C(F)(F)F.